The normalized spacial score (nSPS) is 15.8. The smallest absolute Gasteiger partial charge is 0.344 e. The first-order chi connectivity index (χ1) is 20.6. The van der Waals surface area contributed by atoms with Gasteiger partial charge in [-0.25, -0.2) is 0 Å². The molecule has 0 fully saturated rings. The van der Waals surface area contributed by atoms with Crippen molar-refractivity contribution in [2.45, 2.75) is 40.4 Å². The molecule has 0 radical (unpaired) electrons. The van der Waals surface area contributed by atoms with Crippen LogP contribution in [-0.2, 0) is 0 Å². The molecule has 4 aromatic rings. The van der Waals surface area contributed by atoms with E-state index in [0.29, 0.717) is 0 Å². The van der Waals surface area contributed by atoms with Crippen LogP contribution in [0.3, 0.4) is 0 Å². The van der Waals surface area contributed by atoms with Crippen molar-refractivity contribution in [1.29, 1.82) is 0 Å². The summed E-state index contributed by atoms with van der Waals surface area (Å²) in [6.07, 6.45) is 6.44. The lowest BCUT2D eigenvalue weighted by molar-refractivity contribution is 1.07. The number of thioether (sulfide) groups is 2. The van der Waals surface area contributed by atoms with Gasteiger partial charge in [-0.3, -0.25) is 0 Å². The van der Waals surface area contributed by atoms with E-state index >= 15 is 0 Å². The molecule has 0 bridgehead atoms. The van der Waals surface area contributed by atoms with Gasteiger partial charge < -0.3 is 14.4 Å². The van der Waals surface area contributed by atoms with E-state index in [2.05, 4.69) is 151 Å². The van der Waals surface area contributed by atoms with Crippen LogP contribution in [0.25, 0.3) is 0 Å². The van der Waals surface area contributed by atoms with E-state index in [9.17, 15) is 0 Å². The summed E-state index contributed by atoms with van der Waals surface area (Å²) in [6, 6.07) is 35.1. The van der Waals surface area contributed by atoms with Crippen molar-refractivity contribution in [3.63, 3.8) is 0 Å². The van der Waals surface area contributed by atoms with E-state index < -0.39 is 0 Å². The highest BCUT2D eigenvalue weighted by molar-refractivity contribution is 8.03. The molecule has 0 aromatic heterocycles. The predicted molar refractivity (Wildman–Crippen MR) is 185 cm³/mol. The highest BCUT2D eigenvalue weighted by Gasteiger charge is 2.48. The Hall–Kier alpha value is -3.65. The Morgan fingerprint density at radius 3 is 1.38 bits per heavy atom. The van der Waals surface area contributed by atoms with Crippen LogP contribution in [0.4, 0.5) is 22.7 Å². The van der Waals surface area contributed by atoms with Crippen LogP contribution in [0.2, 0.25) is 0 Å². The minimum absolute atomic E-state index is 0.276. The van der Waals surface area contributed by atoms with Gasteiger partial charge in [0.1, 0.15) is 0 Å². The van der Waals surface area contributed by atoms with Gasteiger partial charge >= 0.3 is 7.12 Å². The molecule has 0 N–H and O–H groups in total. The average Bonchev–Trinajstić information content (AvgIpc) is 3.01. The van der Waals surface area contributed by atoms with Gasteiger partial charge in [0.25, 0.3) is 0 Å². The van der Waals surface area contributed by atoms with Crippen molar-refractivity contribution in [2.75, 3.05) is 14.4 Å². The molecule has 3 aliphatic heterocycles. The summed E-state index contributed by atoms with van der Waals surface area (Å²) in [5.41, 5.74) is 7.05. The third-order valence-electron chi connectivity index (χ3n) is 7.70. The average molecular weight is 600 g/mol. The number of para-hydroxylation sites is 4. The fraction of sp³-hybridized carbons (Fsp3) is 0.0857. The zero-order valence-corrected chi connectivity index (χ0v) is 26.3. The molecular weight excluding hydrogens is 569 g/mol. The van der Waals surface area contributed by atoms with E-state index in [0.717, 1.165) is 5.70 Å². The monoisotopic (exact) mass is 599 g/mol. The van der Waals surface area contributed by atoms with Gasteiger partial charge in [0.15, 0.2) is 0 Å². The third-order valence-corrected chi connectivity index (χ3v) is 11.0. The standard InChI is InChI=1S/C35H30BN3S3/c1-5-15-27-25(4)41-33-21-12-8-17-29(33)38(27)36(37-26(6-2)24(3)40-32-20-11-7-16-28(32)37)39-30-18-9-13-22-34(30)42-35-23-14-10-19-31(35)39/h5-23H,2H2,1,3-4H3/b15-5-. The van der Waals surface area contributed by atoms with Crippen molar-refractivity contribution >= 4 is 65.2 Å². The SMILES string of the molecule is C=CC1=C(C)Sc2ccccc2N1B(N1C(/C=C\C)=C(C)Sc2ccccc21)N1c2ccccc2Sc2ccccc21. The zero-order chi connectivity index (χ0) is 28.8. The molecule has 0 amide bonds. The molecule has 0 unspecified atom stereocenters. The second-order valence-corrected chi connectivity index (χ2v) is 13.8. The summed E-state index contributed by atoms with van der Waals surface area (Å²) in [5.74, 6) is 0. The highest BCUT2D eigenvalue weighted by atomic mass is 32.2. The molecule has 3 heterocycles. The molecule has 42 heavy (non-hydrogen) atoms. The Balaban J connectivity index is 1.60. The quantitative estimate of drug-likeness (QED) is 0.210. The second-order valence-electron chi connectivity index (χ2n) is 10.2. The number of fused-ring (bicyclic) bond motifs is 4. The van der Waals surface area contributed by atoms with Crippen molar-refractivity contribution in [1.82, 2.24) is 0 Å². The van der Waals surface area contributed by atoms with Gasteiger partial charge in [-0.15, -0.1) is 0 Å². The topological polar surface area (TPSA) is 9.72 Å². The number of anilines is 4. The number of hydrogen-bond donors (Lipinski definition) is 0. The molecule has 0 saturated heterocycles. The van der Waals surface area contributed by atoms with E-state index in [1.54, 1.807) is 0 Å². The van der Waals surface area contributed by atoms with Crippen LogP contribution < -0.4 is 14.4 Å². The Kier molecular flexibility index (Phi) is 7.26. The fourth-order valence-corrected chi connectivity index (χ4v) is 9.07. The third kappa shape index (κ3) is 4.42. The van der Waals surface area contributed by atoms with Gasteiger partial charge in [-0.1, -0.05) is 96.5 Å². The molecule has 0 saturated carbocycles. The molecule has 4 aromatic carbocycles. The molecule has 3 aliphatic rings. The maximum atomic E-state index is 4.35. The molecule has 7 heteroatoms. The van der Waals surface area contributed by atoms with E-state index in [-0.39, 0.29) is 7.12 Å². The van der Waals surface area contributed by atoms with Crippen LogP contribution >= 0.6 is 35.3 Å². The van der Waals surface area contributed by atoms with Crippen molar-refractivity contribution in [2.24, 2.45) is 0 Å². The summed E-state index contributed by atoms with van der Waals surface area (Å²) >= 11 is 5.51. The molecule has 0 spiro atoms. The van der Waals surface area contributed by atoms with Crippen LogP contribution in [0.15, 0.2) is 163 Å². The minimum atomic E-state index is -0.276. The first kappa shape index (κ1) is 27.2. The maximum Gasteiger partial charge on any atom is 0.519 e. The van der Waals surface area contributed by atoms with E-state index in [4.69, 9.17) is 0 Å². The largest absolute Gasteiger partial charge is 0.519 e. The Morgan fingerprint density at radius 1 is 0.548 bits per heavy atom. The summed E-state index contributed by atoms with van der Waals surface area (Å²) in [6.45, 7) is 10.9. The Bertz CT molecular complexity index is 1770. The number of hydrogen-bond acceptors (Lipinski definition) is 6. The predicted octanol–water partition coefficient (Wildman–Crippen LogP) is 10.7. The van der Waals surface area contributed by atoms with Gasteiger partial charge in [0.2, 0.25) is 0 Å². The number of rotatable bonds is 5. The molecule has 3 nitrogen and oxygen atoms in total. The molecule has 206 valence electrons. The van der Waals surface area contributed by atoms with Gasteiger partial charge in [-0.2, -0.15) is 0 Å². The summed E-state index contributed by atoms with van der Waals surface area (Å²) in [5, 5.41) is 0. The summed E-state index contributed by atoms with van der Waals surface area (Å²) < 4.78 is 0. The van der Waals surface area contributed by atoms with E-state index in [1.807, 2.05) is 41.4 Å². The maximum absolute atomic E-state index is 4.35. The Morgan fingerprint density at radius 2 is 0.929 bits per heavy atom. The summed E-state index contributed by atoms with van der Waals surface area (Å²) in [7, 11) is -0.276. The van der Waals surface area contributed by atoms with Crippen LogP contribution in [0.1, 0.15) is 20.8 Å². The molecular formula is C35H30BN3S3. The van der Waals surface area contributed by atoms with Crippen molar-refractivity contribution in [3.05, 3.63) is 143 Å². The van der Waals surface area contributed by atoms with Gasteiger partial charge in [0, 0.05) is 63.5 Å². The number of nitrogens with zero attached hydrogens (tertiary/aromatic N) is 3. The van der Waals surface area contributed by atoms with E-state index in [1.165, 1.54) is 57.8 Å². The first-order valence-corrected chi connectivity index (χ1v) is 16.5. The second kappa shape index (κ2) is 11.2. The first-order valence-electron chi connectivity index (χ1n) is 14.0. The van der Waals surface area contributed by atoms with Crippen molar-refractivity contribution < 1.29 is 0 Å². The van der Waals surface area contributed by atoms with Crippen molar-refractivity contribution in [3.8, 4) is 0 Å². The van der Waals surface area contributed by atoms with Crippen LogP contribution in [0, 0.1) is 0 Å². The molecule has 7 rings (SSSR count). The van der Waals surface area contributed by atoms with Gasteiger partial charge in [-0.05, 0) is 81.5 Å². The fourth-order valence-electron chi connectivity index (χ4n) is 5.94. The zero-order valence-electron chi connectivity index (χ0n) is 23.8. The highest BCUT2D eigenvalue weighted by Crippen LogP contribution is 2.54. The minimum Gasteiger partial charge on any atom is -0.344 e. The lowest BCUT2D eigenvalue weighted by Crippen LogP contribution is -2.63. The van der Waals surface area contributed by atoms with Crippen LogP contribution in [-0.4, -0.2) is 7.12 Å². The van der Waals surface area contributed by atoms with Crippen LogP contribution in [0.5, 0.6) is 0 Å². The number of allylic oxidation sites excluding steroid dienone is 5. The lowest BCUT2D eigenvalue weighted by Gasteiger charge is -2.50. The van der Waals surface area contributed by atoms with Gasteiger partial charge in [0.05, 0.1) is 0 Å². The number of benzene rings is 4. The lowest BCUT2D eigenvalue weighted by atomic mass is 9.77. The Labute approximate surface area is 261 Å². The summed E-state index contributed by atoms with van der Waals surface area (Å²) in [4.78, 5) is 15.1. The molecule has 0 aliphatic carbocycles. The molecule has 0 atom stereocenters.